The molecular weight excluding hydrogens is 578 g/mol. The zero-order valence-corrected chi connectivity index (χ0v) is 24.9. The minimum absolute atomic E-state index is 0.0796. The van der Waals surface area contributed by atoms with Gasteiger partial charge in [-0.1, -0.05) is 91.3 Å². The summed E-state index contributed by atoms with van der Waals surface area (Å²) in [6.07, 6.45) is 0.783. The smallest absolute Gasteiger partial charge is 0.336 e. The Bertz CT molecular complexity index is 1710. The van der Waals surface area contributed by atoms with Crippen molar-refractivity contribution in [1.82, 2.24) is 15.1 Å². The summed E-state index contributed by atoms with van der Waals surface area (Å²) in [5.74, 6) is -0.875. The number of hydrogen-bond acceptors (Lipinski definition) is 3. The number of carboxylic acid groups (broad SMARTS) is 1. The average molecular weight is 611 g/mol. The molecule has 1 aromatic heterocycles. The number of aromatic carboxylic acids is 1. The third-order valence-electron chi connectivity index (χ3n) is 7.33. The standard InChI is InChI=1S/C34H32BrN3O3/c1-4-30(24-13-16-26(35)17-14-24)36-33(39)25-15-18-31-29(19-25)32(21(2)3)37-38(31)20-22-9-11-23(12-10-22)27-7-5-6-8-28(27)34(40)41/h5-19,21,30H,4,20H2,1-3H3,(H,36,39)(H,40,41)/t30-/m0/s1. The maximum absolute atomic E-state index is 13.3. The summed E-state index contributed by atoms with van der Waals surface area (Å²) in [5, 5.41) is 18.7. The Morgan fingerprint density at radius 2 is 1.66 bits per heavy atom. The van der Waals surface area contributed by atoms with E-state index in [2.05, 4.69) is 42.0 Å². The lowest BCUT2D eigenvalue weighted by Gasteiger charge is -2.18. The van der Waals surface area contributed by atoms with Crippen LogP contribution in [-0.4, -0.2) is 26.8 Å². The lowest BCUT2D eigenvalue weighted by Crippen LogP contribution is -2.28. The number of carbonyl (C=O) groups is 2. The summed E-state index contributed by atoms with van der Waals surface area (Å²) in [6, 6.07) is 28.7. The first kappa shape index (κ1) is 28.3. The predicted octanol–water partition coefficient (Wildman–Crippen LogP) is 8.22. The maximum atomic E-state index is 13.3. The Hall–Kier alpha value is -4.23. The summed E-state index contributed by atoms with van der Waals surface area (Å²) in [7, 11) is 0. The molecule has 4 aromatic carbocycles. The molecule has 208 valence electrons. The van der Waals surface area contributed by atoms with E-state index >= 15 is 0 Å². The van der Waals surface area contributed by atoms with Gasteiger partial charge >= 0.3 is 5.97 Å². The van der Waals surface area contributed by atoms with Gasteiger partial charge in [-0.05, 0) is 71.0 Å². The molecule has 0 radical (unpaired) electrons. The number of nitrogens with zero attached hydrogens (tertiary/aromatic N) is 2. The van der Waals surface area contributed by atoms with Gasteiger partial charge in [0.2, 0.25) is 0 Å². The Morgan fingerprint density at radius 1 is 0.951 bits per heavy atom. The van der Waals surface area contributed by atoms with E-state index in [-0.39, 0.29) is 23.4 Å². The van der Waals surface area contributed by atoms with Crippen LogP contribution in [0, 0.1) is 0 Å². The van der Waals surface area contributed by atoms with Crippen LogP contribution in [0.15, 0.2) is 95.5 Å². The fourth-order valence-electron chi connectivity index (χ4n) is 5.13. The van der Waals surface area contributed by atoms with E-state index in [1.165, 1.54) is 0 Å². The highest BCUT2D eigenvalue weighted by atomic mass is 79.9. The summed E-state index contributed by atoms with van der Waals surface area (Å²) < 4.78 is 2.98. The number of benzene rings is 4. The first-order chi connectivity index (χ1) is 19.7. The van der Waals surface area contributed by atoms with Crippen molar-refractivity contribution < 1.29 is 14.7 Å². The number of aromatic nitrogens is 2. The molecule has 1 amide bonds. The molecule has 0 bridgehead atoms. The third kappa shape index (κ3) is 6.10. The molecule has 5 rings (SSSR count). The molecule has 0 spiro atoms. The first-order valence-electron chi connectivity index (χ1n) is 13.7. The highest BCUT2D eigenvalue weighted by Gasteiger charge is 2.19. The van der Waals surface area contributed by atoms with Gasteiger partial charge in [-0.15, -0.1) is 0 Å². The van der Waals surface area contributed by atoms with Crippen molar-refractivity contribution in [3.05, 3.63) is 123 Å². The number of amides is 1. The van der Waals surface area contributed by atoms with E-state index in [9.17, 15) is 14.7 Å². The third-order valence-corrected chi connectivity index (χ3v) is 7.86. The van der Waals surface area contributed by atoms with Crippen molar-refractivity contribution in [3.63, 3.8) is 0 Å². The number of hydrogen-bond donors (Lipinski definition) is 2. The SMILES string of the molecule is CC[C@H](NC(=O)c1ccc2c(c1)c(C(C)C)nn2Cc1ccc(-c2ccccc2C(=O)O)cc1)c1ccc(Br)cc1. The molecule has 2 N–H and O–H groups in total. The normalized spacial score (nSPS) is 12.0. The number of rotatable bonds is 9. The molecule has 5 aromatic rings. The van der Waals surface area contributed by atoms with E-state index in [4.69, 9.17) is 5.10 Å². The molecular formula is C34H32BrN3O3. The molecule has 0 aliphatic carbocycles. The van der Waals surface area contributed by atoms with Gasteiger partial charge in [0, 0.05) is 15.4 Å². The molecule has 1 heterocycles. The quantitative estimate of drug-likeness (QED) is 0.176. The molecule has 0 aliphatic heterocycles. The van der Waals surface area contributed by atoms with Crippen LogP contribution in [0.5, 0.6) is 0 Å². The molecule has 41 heavy (non-hydrogen) atoms. The summed E-state index contributed by atoms with van der Waals surface area (Å²) >= 11 is 3.47. The Kier molecular flexibility index (Phi) is 8.36. The molecule has 0 saturated carbocycles. The number of fused-ring (bicyclic) bond motifs is 1. The Labute approximate surface area is 248 Å². The van der Waals surface area contributed by atoms with Crippen LogP contribution in [-0.2, 0) is 6.54 Å². The maximum Gasteiger partial charge on any atom is 0.336 e. The summed E-state index contributed by atoms with van der Waals surface area (Å²) in [6.45, 7) is 6.83. The van der Waals surface area contributed by atoms with Gasteiger partial charge in [-0.3, -0.25) is 9.48 Å². The van der Waals surface area contributed by atoms with Gasteiger partial charge in [0.15, 0.2) is 0 Å². The summed E-state index contributed by atoms with van der Waals surface area (Å²) in [4.78, 5) is 25.0. The molecule has 0 aliphatic rings. The zero-order valence-electron chi connectivity index (χ0n) is 23.3. The Morgan fingerprint density at radius 3 is 2.32 bits per heavy atom. The molecule has 0 fully saturated rings. The molecule has 0 unspecified atom stereocenters. The van der Waals surface area contributed by atoms with Crippen LogP contribution < -0.4 is 5.32 Å². The van der Waals surface area contributed by atoms with E-state index in [1.807, 2.05) is 83.5 Å². The van der Waals surface area contributed by atoms with Gasteiger partial charge in [0.25, 0.3) is 5.91 Å². The fourth-order valence-corrected chi connectivity index (χ4v) is 5.40. The largest absolute Gasteiger partial charge is 0.478 e. The topological polar surface area (TPSA) is 84.2 Å². The van der Waals surface area contributed by atoms with Crippen molar-refractivity contribution in [2.45, 2.75) is 45.7 Å². The lowest BCUT2D eigenvalue weighted by atomic mass is 9.99. The van der Waals surface area contributed by atoms with Crippen LogP contribution in [0.2, 0.25) is 0 Å². The molecule has 0 saturated heterocycles. The lowest BCUT2D eigenvalue weighted by molar-refractivity contribution is 0.0697. The predicted molar refractivity (Wildman–Crippen MR) is 166 cm³/mol. The van der Waals surface area contributed by atoms with Gasteiger partial charge < -0.3 is 10.4 Å². The zero-order chi connectivity index (χ0) is 29.1. The van der Waals surface area contributed by atoms with Crippen molar-refractivity contribution in [3.8, 4) is 11.1 Å². The van der Waals surface area contributed by atoms with E-state index in [0.717, 1.165) is 44.2 Å². The fraction of sp³-hybridized carbons (Fsp3) is 0.206. The van der Waals surface area contributed by atoms with Gasteiger partial charge in [0.1, 0.15) is 0 Å². The van der Waals surface area contributed by atoms with Crippen LogP contribution in [0.1, 0.15) is 76.7 Å². The second-order valence-corrected chi connectivity index (χ2v) is 11.4. The number of nitrogens with one attached hydrogen (secondary N) is 1. The van der Waals surface area contributed by atoms with E-state index in [1.54, 1.807) is 12.1 Å². The van der Waals surface area contributed by atoms with Crippen molar-refractivity contribution in [1.29, 1.82) is 0 Å². The highest BCUT2D eigenvalue weighted by Crippen LogP contribution is 2.29. The average Bonchev–Trinajstić information content (AvgIpc) is 3.34. The minimum Gasteiger partial charge on any atom is -0.478 e. The van der Waals surface area contributed by atoms with E-state index in [0.29, 0.717) is 17.7 Å². The van der Waals surface area contributed by atoms with Crippen LogP contribution in [0.25, 0.3) is 22.0 Å². The first-order valence-corrected chi connectivity index (χ1v) is 14.5. The van der Waals surface area contributed by atoms with E-state index < -0.39 is 5.97 Å². The van der Waals surface area contributed by atoms with Gasteiger partial charge in [-0.2, -0.15) is 5.10 Å². The number of carbonyl (C=O) groups excluding carboxylic acids is 1. The summed E-state index contributed by atoms with van der Waals surface area (Å²) in [5.41, 5.74) is 6.45. The van der Waals surface area contributed by atoms with Crippen LogP contribution >= 0.6 is 15.9 Å². The van der Waals surface area contributed by atoms with Crippen molar-refractivity contribution in [2.75, 3.05) is 0 Å². The molecule has 6 nitrogen and oxygen atoms in total. The van der Waals surface area contributed by atoms with Crippen LogP contribution in [0.4, 0.5) is 0 Å². The number of carboxylic acids is 1. The van der Waals surface area contributed by atoms with Crippen molar-refractivity contribution in [2.24, 2.45) is 0 Å². The second kappa shape index (κ2) is 12.1. The minimum atomic E-state index is -0.944. The van der Waals surface area contributed by atoms with Gasteiger partial charge in [-0.25, -0.2) is 4.79 Å². The second-order valence-electron chi connectivity index (χ2n) is 10.5. The monoisotopic (exact) mass is 609 g/mol. The molecule has 1 atom stereocenters. The number of halogens is 1. The Balaban J connectivity index is 1.40. The molecule has 7 heteroatoms. The van der Waals surface area contributed by atoms with Crippen molar-refractivity contribution >= 4 is 38.7 Å². The van der Waals surface area contributed by atoms with Crippen LogP contribution in [0.3, 0.4) is 0 Å². The van der Waals surface area contributed by atoms with Gasteiger partial charge in [0.05, 0.1) is 29.4 Å². The highest BCUT2D eigenvalue weighted by molar-refractivity contribution is 9.10.